The number of unbranched alkanes of at least 4 members (excludes halogenated alkanes) is 1. The van der Waals surface area contributed by atoms with Gasteiger partial charge < -0.3 is 0 Å². The normalized spacial score (nSPS) is 30.0. The maximum atomic E-state index is 11.4. The minimum atomic E-state index is 0.125. The summed E-state index contributed by atoms with van der Waals surface area (Å²) >= 11 is 0. The van der Waals surface area contributed by atoms with Crippen LogP contribution in [0.1, 0.15) is 60.8 Å². The fourth-order valence-electron chi connectivity index (χ4n) is 3.35. The van der Waals surface area contributed by atoms with E-state index in [0.717, 1.165) is 24.0 Å². The van der Waals surface area contributed by atoms with Gasteiger partial charge in [-0.2, -0.15) is 5.10 Å². The van der Waals surface area contributed by atoms with Crippen LogP contribution in [0.4, 0.5) is 0 Å². The Kier molecular flexibility index (Phi) is 2.16. The third kappa shape index (κ3) is 1.27. The molecule has 3 nitrogen and oxygen atoms in total. The van der Waals surface area contributed by atoms with Gasteiger partial charge in [0.25, 0.3) is 0 Å². The molecule has 2 aliphatic rings. The summed E-state index contributed by atoms with van der Waals surface area (Å²) in [4.78, 5) is 11.4. The van der Waals surface area contributed by atoms with E-state index >= 15 is 0 Å². The summed E-state index contributed by atoms with van der Waals surface area (Å²) in [5, 5.41) is 7.26. The smallest absolute Gasteiger partial charge is 0.177 e. The summed E-state index contributed by atoms with van der Waals surface area (Å²) in [7, 11) is 0. The molecule has 0 aromatic carbocycles. The number of carbonyl (C=O) groups excluding carboxylic acids is 1. The minimum absolute atomic E-state index is 0.125. The third-order valence-corrected chi connectivity index (χ3v) is 4.23. The first-order valence-corrected chi connectivity index (χ1v) is 6.32. The maximum Gasteiger partial charge on any atom is 0.177 e. The molecule has 0 bridgehead atoms. The molecule has 0 spiro atoms. The highest BCUT2D eigenvalue weighted by Crippen LogP contribution is 2.63. The molecule has 3 atom stereocenters. The van der Waals surface area contributed by atoms with Crippen molar-refractivity contribution in [3.8, 4) is 0 Å². The minimum Gasteiger partial charge on any atom is -0.293 e. The van der Waals surface area contributed by atoms with Gasteiger partial charge >= 0.3 is 0 Å². The van der Waals surface area contributed by atoms with Gasteiger partial charge in [0, 0.05) is 18.4 Å². The van der Waals surface area contributed by atoms with E-state index in [-0.39, 0.29) is 5.78 Å². The van der Waals surface area contributed by atoms with Crippen LogP contribution in [0.5, 0.6) is 0 Å². The summed E-state index contributed by atoms with van der Waals surface area (Å²) in [6, 6.07) is 0. The van der Waals surface area contributed by atoms with Crippen LogP contribution in [0.2, 0.25) is 0 Å². The Morgan fingerprint density at radius 2 is 2.38 bits per heavy atom. The van der Waals surface area contributed by atoms with Gasteiger partial charge in [0.05, 0.1) is 5.69 Å². The molecule has 0 saturated heterocycles. The van der Waals surface area contributed by atoms with Crippen molar-refractivity contribution in [1.29, 1.82) is 0 Å². The number of aromatic nitrogens is 2. The molecule has 3 unspecified atom stereocenters. The topological polar surface area (TPSA) is 45.8 Å². The predicted octanol–water partition coefficient (Wildman–Crippen LogP) is 2.69. The molecule has 1 aromatic heterocycles. The van der Waals surface area contributed by atoms with Gasteiger partial charge in [0.1, 0.15) is 5.69 Å². The first-order chi connectivity index (χ1) is 7.74. The lowest BCUT2D eigenvalue weighted by Gasteiger charge is -2.02. The molecule has 3 heteroatoms. The maximum absolute atomic E-state index is 11.4. The summed E-state index contributed by atoms with van der Waals surface area (Å²) in [6.45, 7) is 3.86. The highest BCUT2D eigenvalue weighted by Gasteiger charge is 2.57. The molecule has 3 rings (SSSR count). The van der Waals surface area contributed by atoms with E-state index < -0.39 is 0 Å². The number of rotatable bonds is 4. The number of fused-ring (bicyclic) bond motifs is 3. The molecule has 1 aromatic rings. The number of hydrogen-bond acceptors (Lipinski definition) is 2. The molecule has 1 heterocycles. The second-order valence-corrected chi connectivity index (χ2v) is 5.22. The lowest BCUT2D eigenvalue weighted by atomic mass is 10.0. The Morgan fingerprint density at radius 1 is 1.56 bits per heavy atom. The number of H-pyrrole nitrogens is 1. The van der Waals surface area contributed by atoms with Crippen LogP contribution >= 0.6 is 0 Å². The predicted molar refractivity (Wildman–Crippen MR) is 61.5 cm³/mol. The summed E-state index contributed by atoms with van der Waals surface area (Å²) in [5.41, 5.74) is 3.18. The highest BCUT2D eigenvalue weighted by atomic mass is 16.1. The quantitative estimate of drug-likeness (QED) is 0.790. The molecule has 1 fully saturated rings. The number of aromatic amines is 1. The van der Waals surface area contributed by atoms with Crippen molar-refractivity contribution >= 4 is 5.78 Å². The van der Waals surface area contributed by atoms with Gasteiger partial charge in [-0.15, -0.1) is 0 Å². The van der Waals surface area contributed by atoms with Gasteiger partial charge in [-0.25, -0.2) is 0 Å². The summed E-state index contributed by atoms with van der Waals surface area (Å²) in [5.74, 6) is 2.46. The molecule has 86 valence electrons. The average molecular weight is 218 g/mol. The fourth-order valence-corrected chi connectivity index (χ4v) is 3.35. The molecule has 16 heavy (non-hydrogen) atoms. The lowest BCUT2D eigenvalue weighted by Crippen LogP contribution is -2.00. The zero-order valence-electron chi connectivity index (χ0n) is 9.92. The van der Waals surface area contributed by atoms with Crippen molar-refractivity contribution in [3.05, 3.63) is 17.0 Å². The van der Waals surface area contributed by atoms with E-state index in [9.17, 15) is 4.79 Å². The molecule has 2 aliphatic carbocycles. The molecule has 1 N–H and O–H groups in total. The van der Waals surface area contributed by atoms with E-state index in [1.807, 2.05) is 0 Å². The lowest BCUT2D eigenvalue weighted by molar-refractivity contribution is 0.101. The number of nitrogens with one attached hydrogen (secondary N) is 1. The molecule has 1 saturated carbocycles. The van der Waals surface area contributed by atoms with Gasteiger partial charge in [-0.3, -0.25) is 9.89 Å². The van der Waals surface area contributed by atoms with Crippen LogP contribution in [0, 0.1) is 11.8 Å². The Labute approximate surface area is 95.6 Å². The Hall–Kier alpha value is -1.12. The van der Waals surface area contributed by atoms with E-state index in [4.69, 9.17) is 0 Å². The van der Waals surface area contributed by atoms with E-state index in [1.165, 1.54) is 30.5 Å². The van der Waals surface area contributed by atoms with Crippen LogP contribution in [0.3, 0.4) is 0 Å². The van der Waals surface area contributed by atoms with Crippen LogP contribution < -0.4 is 0 Å². The van der Waals surface area contributed by atoms with Gasteiger partial charge in [0.2, 0.25) is 0 Å². The van der Waals surface area contributed by atoms with Crippen LogP contribution in [-0.2, 0) is 6.42 Å². The number of nitrogens with zero attached hydrogens (tertiary/aromatic N) is 1. The van der Waals surface area contributed by atoms with Crippen LogP contribution in [0.25, 0.3) is 0 Å². The number of carbonyl (C=O) groups is 1. The van der Waals surface area contributed by atoms with Gasteiger partial charge in [0.15, 0.2) is 5.78 Å². The van der Waals surface area contributed by atoms with E-state index in [2.05, 4.69) is 17.1 Å². The number of ketones is 1. The van der Waals surface area contributed by atoms with Crippen molar-refractivity contribution in [2.24, 2.45) is 11.8 Å². The summed E-state index contributed by atoms with van der Waals surface area (Å²) in [6.07, 6.45) is 5.03. The Balaban J connectivity index is 1.78. The van der Waals surface area contributed by atoms with Crippen molar-refractivity contribution in [2.75, 3.05) is 0 Å². The van der Waals surface area contributed by atoms with Gasteiger partial charge in [-0.1, -0.05) is 19.8 Å². The third-order valence-electron chi connectivity index (χ3n) is 4.23. The highest BCUT2D eigenvalue weighted by molar-refractivity contribution is 5.94. The summed E-state index contributed by atoms with van der Waals surface area (Å²) < 4.78 is 0. The van der Waals surface area contributed by atoms with Crippen molar-refractivity contribution in [1.82, 2.24) is 10.2 Å². The van der Waals surface area contributed by atoms with Crippen molar-refractivity contribution in [2.45, 2.75) is 45.4 Å². The first-order valence-electron chi connectivity index (χ1n) is 6.32. The first kappa shape index (κ1) is 10.1. The zero-order valence-corrected chi connectivity index (χ0v) is 9.92. The largest absolute Gasteiger partial charge is 0.293 e. The van der Waals surface area contributed by atoms with Crippen LogP contribution in [0.15, 0.2) is 0 Å². The van der Waals surface area contributed by atoms with Gasteiger partial charge in [-0.05, 0) is 24.7 Å². The number of Topliss-reactive ketones (excluding diaryl/α,β-unsaturated/α-hetero) is 1. The fraction of sp³-hybridized carbons (Fsp3) is 0.692. The second-order valence-electron chi connectivity index (χ2n) is 5.22. The monoisotopic (exact) mass is 218 g/mol. The molecular formula is C13H18N2O. The zero-order chi connectivity index (χ0) is 11.3. The molecular weight excluding hydrogens is 200 g/mol. The van der Waals surface area contributed by atoms with Crippen molar-refractivity contribution in [3.63, 3.8) is 0 Å². The SMILES string of the molecule is CCCCC1C2Cc3c(n[nH]c3C(C)=O)C12. The molecule has 0 amide bonds. The molecule has 0 radical (unpaired) electrons. The molecule has 0 aliphatic heterocycles. The standard InChI is InChI=1S/C13H18N2O/c1-3-4-5-8-9-6-10-12(7(2)16)14-15-13(10)11(8)9/h8-9,11H,3-6H2,1-2H3,(H,14,15). The Bertz CT molecular complexity index is 435. The van der Waals surface area contributed by atoms with Crippen molar-refractivity contribution < 1.29 is 4.79 Å². The average Bonchev–Trinajstić information content (AvgIpc) is 2.60. The van der Waals surface area contributed by atoms with Crippen LogP contribution in [-0.4, -0.2) is 16.0 Å². The Morgan fingerprint density at radius 3 is 3.06 bits per heavy atom. The van der Waals surface area contributed by atoms with E-state index in [1.54, 1.807) is 6.92 Å². The van der Waals surface area contributed by atoms with E-state index in [0.29, 0.717) is 5.92 Å². The second kappa shape index (κ2) is 3.44. The number of hydrogen-bond donors (Lipinski definition) is 1.